The van der Waals surface area contributed by atoms with Crippen LogP contribution in [-0.4, -0.2) is 25.1 Å². The Labute approximate surface area is 93.6 Å². The van der Waals surface area contributed by atoms with E-state index < -0.39 is 0 Å². The zero-order chi connectivity index (χ0) is 11.3. The van der Waals surface area contributed by atoms with Gasteiger partial charge >= 0.3 is 0 Å². The minimum Gasteiger partial charge on any atom is -0.325 e. The van der Waals surface area contributed by atoms with Crippen LogP contribution < -0.4 is 0 Å². The Kier molecular flexibility index (Phi) is 4.10. The summed E-state index contributed by atoms with van der Waals surface area (Å²) in [5.41, 5.74) is 2.69. The second kappa shape index (κ2) is 5.13. The molecule has 0 fully saturated rings. The molecule has 1 aromatic carbocycles. The van der Waals surface area contributed by atoms with Gasteiger partial charge in [0.25, 0.3) is 0 Å². The molecule has 0 radical (unpaired) electrons. The van der Waals surface area contributed by atoms with Crippen LogP contribution in [0.4, 0.5) is 0 Å². The summed E-state index contributed by atoms with van der Waals surface area (Å²) in [5.74, 6) is 0. The average molecular weight is 204 g/mol. The Morgan fingerprint density at radius 2 is 1.73 bits per heavy atom. The Hall–Kier alpha value is -1.08. The highest BCUT2D eigenvalue weighted by Gasteiger charge is 2.11. The molecule has 82 valence electrons. The van der Waals surface area contributed by atoms with Crippen LogP contribution in [0.5, 0.6) is 0 Å². The molecule has 1 nitrogen and oxygen atoms in total. The molecule has 0 amide bonds. The highest BCUT2D eigenvalue weighted by atomic mass is 15.3. The van der Waals surface area contributed by atoms with Gasteiger partial charge in [-0.3, -0.25) is 0 Å². The number of allylic oxidation sites excluding steroid dienone is 1. The average Bonchev–Trinajstić information content (AvgIpc) is 2.21. The van der Waals surface area contributed by atoms with Crippen LogP contribution >= 0.6 is 0 Å². The maximum Gasteiger partial charge on any atom is 0.104 e. The van der Waals surface area contributed by atoms with E-state index in [4.69, 9.17) is 0 Å². The van der Waals surface area contributed by atoms with Gasteiger partial charge in [-0.15, -0.1) is 0 Å². The van der Waals surface area contributed by atoms with E-state index in [0.717, 1.165) is 17.6 Å². The first-order valence-corrected chi connectivity index (χ1v) is 5.61. The molecule has 0 atom stereocenters. The van der Waals surface area contributed by atoms with Crippen LogP contribution in [0.2, 0.25) is 0 Å². The van der Waals surface area contributed by atoms with Crippen molar-refractivity contribution in [2.75, 3.05) is 20.6 Å². The lowest BCUT2D eigenvalue weighted by atomic mass is 10.1. The molecule has 0 aliphatic rings. The summed E-state index contributed by atoms with van der Waals surface area (Å²) in [4.78, 5) is 0. The fourth-order valence-electron chi connectivity index (χ4n) is 1.53. The lowest BCUT2D eigenvalue weighted by molar-refractivity contribution is -0.901. The number of hydrogen-bond donors (Lipinski definition) is 0. The molecular weight excluding hydrogens is 182 g/mol. The Morgan fingerprint density at radius 3 is 2.20 bits per heavy atom. The SMILES string of the molecule is CC=Cc1ccc(C[N+](C)(C)CC)cc1. The third-order valence-electron chi connectivity index (χ3n) is 2.81. The summed E-state index contributed by atoms with van der Waals surface area (Å²) in [6, 6.07) is 8.83. The molecule has 0 unspecified atom stereocenters. The molecule has 0 bridgehead atoms. The normalized spacial score (nSPS) is 12.3. The lowest BCUT2D eigenvalue weighted by Crippen LogP contribution is -2.38. The minimum atomic E-state index is 1.04. The predicted octanol–water partition coefficient (Wildman–Crippen LogP) is 3.32. The zero-order valence-corrected chi connectivity index (χ0v) is 10.3. The largest absolute Gasteiger partial charge is 0.325 e. The van der Waals surface area contributed by atoms with Gasteiger partial charge in [0.15, 0.2) is 0 Å². The topological polar surface area (TPSA) is 0 Å². The molecule has 0 aliphatic heterocycles. The fourth-order valence-corrected chi connectivity index (χ4v) is 1.53. The number of rotatable bonds is 4. The van der Waals surface area contributed by atoms with Crippen molar-refractivity contribution in [3.8, 4) is 0 Å². The molecule has 1 rings (SSSR count). The molecule has 0 spiro atoms. The van der Waals surface area contributed by atoms with Gasteiger partial charge in [0.1, 0.15) is 6.54 Å². The predicted molar refractivity (Wildman–Crippen MR) is 67.5 cm³/mol. The van der Waals surface area contributed by atoms with Gasteiger partial charge in [-0.2, -0.15) is 0 Å². The van der Waals surface area contributed by atoms with E-state index in [1.807, 2.05) is 6.92 Å². The van der Waals surface area contributed by atoms with Gasteiger partial charge in [-0.25, -0.2) is 0 Å². The van der Waals surface area contributed by atoms with E-state index in [1.54, 1.807) is 0 Å². The van der Waals surface area contributed by atoms with Crippen molar-refractivity contribution < 1.29 is 4.48 Å². The van der Waals surface area contributed by atoms with Gasteiger partial charge in [0, 0.05) is 5.56 Å². The number of hydrogen-bond acceptors (Lipinski definition) is 0. The van der Waals surface area contributed by atoms with Crippen LogP contribution in [0.3, 0.4) is 0 Å². The van der Waals surface area contributed by atoms with Crippen molar-refractivity contribution in [2.45, 2.75) is 20.4 Å². The van der Waals surface area contributed by atoms with Crippen molar-refractivity contribution in [3.05, 3.63) is 41.5 Å². The molecule has 0 N–H and O–H groups in total. The van der Waals surface area contributed by atoms with Crippen LogP contribution in [0.1, 0.15) is 25.0 Å². The first-order chi connectivity index (χ1) is 7.07. The van der Waals surface area contributed by atoms with Crippen LogP contribution in [0.15, 0.2) is 30.3 Å². The molecule has 1 aromatic rings. The lowest BCUT2D eigenvalue weighted by Gasteiger charge is -2.28. The van der Waals surface area contributed by atoms with E-state index in [2.05, 4.69) is 57.4 Å². The van der Waals surface area contributed by atoms with E-state index >= 15 is 0 Å². The van der Waals surface area contributed by atoms with Crippen LogP contribution in [-0.2, 0) is 6.54 Å². The minimum absolute atomic E-state index is 1.04. The molecule has 0 aromatic heterocycles. The molecule has 0 saturated heterocycles. The van der Waals surface area contributed by atoms with Gasteiger partial charge in [-0.05, 0) is 19.4 Å². The monoisotopic (exact) mass is 204 g/mol. The second-order valence-electron chi connectivity index (χ2n) is 4.65. The third kappa shape index (κ3) is 3.88. The van der Waals surface area contributed by atoms with Crippen molar-refractivity contribution in [1.82, 2.24) is 0 Å². The van der Waals surface area contributed by atoms with E-state index in [-0.39, 0.29) is 0 Å². The highest BCUT2D eigenvalue weighted by Crippen LogP contribution is 2.11. The number of benzene rings is 1. The van der Waals surface area contributed by atoms with Crippen molar-refractivity contribution in [3.63, 3.8) is 0 Å². The molecule has 1 heteroatoms. The van der Waals surface area contributed by atoms with E-state index in [1.165, 1.54) is 11.1 Å². The molecule has 0 aliphatic carbocycles. The first-order valence-electron chi connectivity index (χ1n) is 5.61. The summed E-state index contributed by atoms with van der Waals surface area (Å²) < 4.78 is 1.04. The van der Waals surface area contributed by atoms with Crippen LogP contribution in [0.25, 0.3) is 6.08 Å². The molecule has 0 saturated carbocycles. The maximum absolute atomic E-state index is 2.26. The van der Waals surface area contributed by atoms with Crippen LogP contribution in [0, 0.1) is 0 Å². The Bertz CT molecular complexity index is 320. The highest BCUT2D eigenvalue weighted by molar-refractivity contribution is 5.49. The number of quaternary nitrogens is 1. The summed E-state index contributed by atoms with van der Waals surface area (Å²) in [5, 5.41) is 0. The molecule has 0 heterocycles. The quantitative estimate of drug-likeness (QED) is 0.660. The van der Waals surface area contributed by atoms with Crippen molar-refractivity contribution >= 4 is 6.08 Å². The standard InChI is InChI=1S/C14H22N/c1-5-7-13-8-10-14(11-9-13)12-15(3,4)6-2/h5,7-11H,6,12H2,1-4H3/q+1. The van der Waals surface area contributed by atoms with E-state index in [9.17, 15) is 0 Å². The third-order valence-corrected chi connectivity index (χ3v) is 2.81. The second-order valence-corrected chi connectivity index (χ2v) is 4.65. The Balaban J connectivity index is 2.72. The van der Waals surface area contributed by atoms with Gasteiger partial charge < -0.3 is 4.48 Å². The van der Waals surface area contributed by atoms with Gasteiger partial charge in [-0.1, -0.05) is 36.4 Å². The molecular formula is C14H22N+. The summed E-state index contributed by atoms with van der Waals surface area (Å²) >= 11 is 0. The first kappa shape index (κ1) is 12.0. The van der Waals surface area contributed by atoms with Crippen molar-refractivity contribution in [1.29, 1.82) is 0 Å². The number of nitrogens with zero attached hydrogens (tertiary/aromatic N) is 1. The molecule has 15 heavy (non-hydrogen) atoms. The van der Waals surface area contributed by atoms with E-state index in [0.29, 0.717) is 0 Å². The van der Waals surface area contributed by atoms with Gasteiger partial charge in [0.2, 0.25) is 0 Å². The summed E-state index contributed by atoms with van der Waals surface area (Å²) in [7, 11) is 4.53. The van der Waals surface area contributed by atoms with Gasteiger partial charge in [0.05, 0.1) is 20.6 Å². The fraction of sp³-hybridized carbons (Fsp3) is 0.429. The summed E-state index contributed by atoms with van der Waals surface area (Å²) in [6.45, 7) is 6.54. The zero-order valence-electron chi connectivity index (χ0n) is 10.3. The maximum atomic E-state index is 2.26. The summed E-state index contributed by atoms with van der Waals surface area (Å²) in [6.07, 6.45) is 4.20. The van der Waals surface area contributed by atoms with Crippen molar-refractivity contribution in [2.24, 2.45) is 0 Å². The Morgan fingerprint density at radius 1 is 1.13 bits per heavy atom. The smallest absolute Gasteiger partial charge is 0.104 e.